The van der Waals surface area contributed by atoms with Crippen molar-refractivity contribution in [3.63, 3.8) is 0 Å². The molecule has 1 heterocycles. The lowest BCUT2D eigenvalue weighted by Gasteiger charge is -2.19. The first kappa shape index (κ1) is 17.9. The monoisotopic (exact) mass is 371 g/mol. The number of ether oxygens (including phenoxy) is 1. The van der Waals surface area contributed by atoms with Crippen molar-refractivity contribution < 1.29 is 31.1 Å². The van der Waals surface area contributed by atoms with E-state index in [0.29, 0.717) is 16.2 Å². The van der Waals surface area contributed by atoms with Crippen LogP contribution in [-0.2, 0) is 13.8 Å². The third kappa shape index (κ3) is 3.89. The van der Waals surface area contributed by atoms with Crippen LogP contribution in [0.1, 0.15) is 17.9 Å². The van der Waals surface area contributed by atoms with Crippen molar-refractivity contribution in [3.8, 4) is 5.75 Å². The molecule has 1 aliphatic heterocycles. The highest BCUT2D eigenvalue weighted by Crippen LogP contribution is 2.36. The van der Waals surface area contributed by atoms with Gasteiger partial charge in [-0.25, -0.2) is 8.42 Å². The Labute approximate surface area is 135 Å². The Morgan fingerprint density at radius 1 is 1.39 bits per heavy atom. The number of likely N-dealkylation sites (tertiary alicyclic amines) is 1. The van der Waals surface area contributed by atoms with E-state index in [2.05, 4.69) is 0 Å². The molecule has 5 nitrogen and oxygen atoms in total. The Morgan fingerprint density at radius 2 is 2.04 bits per heavy atom. The highest BCUT2D eigenvalue weighted by molar-refractivity contribution is 8.13. The Hall–Kier alpha value is -1.48. The quantitative estimate of drug-likeness (QED) is 0.766. The van der Waals surface area contributed by atoms with Crippen LogP contribution in [-0.4, -0.2) is 45.6 Å². The number of carbonyl (C=O) groups excluding carboxylic acids is 1. The maximum atomic E-state index is 12.5. The molecule has 1 amide bonds. The van der Waals surface area contributed by atoms with Gasteiger partial charge in [0.05, 0.1) is 12.0 Å². The molecule has 10 heteroatoms. The highest BCUT2D eigenvalue weighted by Gasteiger charge is 2.45. The summed E-state index contributed by atoms with van der Waals surface area (Å²) in [5, 5.41) is 0. The van der Waals surface area contributed by atoms with Crippen molar-refractivity contribution in [1.29, 1.82) is 0 Å². The number of carbonyl (C=O) groups is 1. The van der Waals surface area contributed by atoms with Crippen molar-refractivity contribution >= 4 is 25.6 Å². The molecule has 0 spiro atoms. The van der Waals surface area contributed by atoms with Gasteiger partial charge in [-0.2, -0.15) is 13.2 Å². The van der Waals surface area contributed by atoms with E-state index in [1.165, 1.54) is 25.3 Å². The number of hydrogen-bond donors (Lipinski definition) is 0. The normalized spacial score (nSPS) is 19.0. The SMILES string of the molecule is COc1ccc(S(=O)(=O)Cl)cc1[C@@H]1CCN(C(=O)C(F)(F)F)C1. The molecule has 2 rings (SSSR count). The van der Waals surface area contributed by atoms with E-state index in [-0.39, 0.29) is 24.4 Å². The molecular weight excluding hydrogens is 359 g/mol. The van der Waals surface area contributed by atoms with Crippen LogP contribution in [0.15, 0.2) is 23.1 Å². The van der Waals surface area contributed by atoms with Crippen molar-refractivity contribution in [3.05, 3.63) is 23.8 Å². The second-order valence-electron chi connectivity index (χ2n) is 5.08. The van der Waals surface area contributed by atoms with Crippen LogP contribution in [0.25, 0.3) is 0 Å². The van der Waals surface area contributed by atoms with Crippen LogP contribution in [0.2, 0.25) is 0 Å². The van der Waals surface area contributed by atoms with Gasteiger partial charge < -0.3 is 9.64 Å². The molecule has 1 aromatic rings. The van der Waals surface area contributed by atoms with E-state index in [4.69, 9.17) is 15.4 Å². The van der Waals surface area contributed by atoms with Gasteiger partial charge in [0, 0.05) is 35.3 Å². The maximum Gasteiger partial charge on any atom is 0.471 e. The van der Waals surface area contributed by atoms with E-state index in [9.17, 15) is 26.4 Å². The minimum absolute atomic E-state index is 0.0655. The van der Waals surface area contributed by atoms with Crippen molar-refractivity contribution in [1.82, 2.24) is 4.90 Å². The molecule has 23 heavy (non-hydrogen) atoms. The van der Waals surface area contributed by atoms with Gasteiger partial charge in [0.15, 0.2) is 0 Å². The number of rotatable bonds is 3. The fraction of sp³-hybridized carbons (Fsp3) is 0.462. The third-order valence-electron chi connectivity index (χ3n) is 3.64. The van der Waals surface area contributed by atoms with Crippen molar-refractivity contribution in [2.45, 2.75) is 23.4 Å². The summed E-state index contributed by atoms with van der Waals surface area (Å²) < 4.78 is 65.4. The van der Waals surface area contributed by atoms with E-state index in [1.807, 2.05) is 0 Å². The van der Waals surface area contributed by atoms with Gasteiger partial charge in [-0.05, 0) is 24.6 Å². The zero-order chi connectivity index (χ0) is 17.4. The minimum atomic E-state index is -4.93. The average Bonchev–Trinajstić information content (AvgIpc) is 2.93. The minimum Gasteiger partial charge on any atom is -0.496 e. The van der Waals surface area contributed by atoms with Crippen LogP contribution < -0.4 is 4.74 Å². The first-order valence-corrected chi connectivity index (χ1v) is 8.83. The average molecular weight is 372 g/mol. The molecule has 0 aromatic heterocycles. The maximum absolute atomic E-state index is 12.5. The Balaban J connectivity index is 2.31. The summed E-state index contributed by atoms with van der Waals surface area (Å²) in [5.74, 6) is -2.03. The molecule has 0 N–H and O–H groups in total. The van der Waals surface area contributed by atoms with Crippen LogP contribution in [0.4, 0.5) is 13.2 Å². The van der Waals surface area contributed by atoms with Crippen LogP contribution in [0.5, 0.6) is 5.75 Å². The number of halogens is 4. The zero-order valence-electron chi connectivity index (χ0n) is 11.9. The summed E-state index contributed by atoms with van der Waals surface area (Å²) in [7, 11) is 2.68. The summed E-state index contributed by atoms with van der Waals surface area (Å²) in [6.45, 7) is -0.232. The standard InChI is InChI=1S/C13H13ClF3NO4S/c1-22-11-3-2-9(23(14,20)21)6-10(11)8-4-5-18(7-8)12(19)13(15,16)17/h2-3,6,8H,4-5,7H2,1H3/t8-/m1/s1. The molecule has 0 unspecified atom stereocenters. The van der Waals surface area contributed by atoms with Gasteiger partial charge in [0.2, 0.25) is 0 Å². The van der Waals surface area contributed by atoms with Crippen molar-refractivity contribution in [2.75, 3.05) is 20.2 Å². The fourth-order valence-electron chi connectivity index (χ4n) is 2.56. The van der Waals surface area contributed by atoms with E-state index < -0.39 is 27.1 Å². The molecule has 128 valence electrons. The van der Waals surface area contributed by atoms with Gasteiger partial charge in [-0.3, -0.25) is 4.79 Å². The van der Waals surface area contributed by atoms with Gasteiger partial charge in [0.25, 0.3) is 9.05 Å². The number of nitrogens with zero attached hydrogens (tertiary/aromatic N) is 1. The number of alkyl halides is 3. The highest BCUT2D eigenvalue weighted by atomic mass is 35.7. The Kier molecular flexibility index (Phi) is 4.81. The molecule has 0 saturated carbocycles. The first-order valence-electron chi connectivity index (χ1n) is 6.52. The summed E-state index contributed by atoms with van der Waals surface area (Å²) in [5.41, 5.74) is 0.409. The van der Waals surface area contributed by atoms with Crippen LogP contribution >= 0.6 is 10.7 Å². The number of benzene rings is 1. The van der Waals surface area contributed by atoms with Crippen molar-refractivity contribution in [2.24, 2.45) is 0 Å². The largest absolute Gasteiger partial charge is 0.496 e. The molecule has 0 bridgehead atoms. The van der Waals surface area contributed by atoms with E-state index in [0.717, 1.165) is 0 Å². The molecular formula is C13H13ClF3NO4S. The molecule has 1 aliphatic rings. The molecule has 0 radical (unpaired) electrons. The Bertz CT molecular complexity index is 720. The van der Waals surface area contributed by atoms with Gasteiger partial charge >= 0.3 is 12.1 Å². The summed E-state index contributed by atoms with van der Waals surface area (Å²) >= 11 is 0. The second-order valence-corrected chi connectivity index (χ2v) is 7.64. The second kappa shape index (κ2) is 6.20. The molecule has 0 aliphatic carbocycles. The van der Waals surface area contributed by atoms with Gasteiger partial charge in [-0.15, -0.1) is 0 Å². The van der Waals surface area contributed by atoms with Crippen LogP contribution in [0, 0.1) is 0 Å². The Morgan fingerprint density at radius 3 is 2.57 bits per heavy atom. The predicted molar refractivity (Wildman–Crippen MR) is 76.0 cm³/mol. The van der Waals surface area contributed by atoms with E-state index >= 15 is 0 Å². The topological polar surface area (TPSA) is 63.7 Å². The smallest absolute Gasteiger partial charge is 0.471 e. The lowest BCUT2D eigenvalue weighted by Crippen LogP contribution is -2.39. The summed E-state index contributed by atoms with van der Waals surface area (Å²) in [6, 6.07) is 3.91. The number of methoxy groups -OCH3 is 1. The zero-order valence-corrected chi connectivity index (χ0v) is 13.5. The molecule has 1 saturated heterocycles. The molecule has 1 fully saturated rings. The lowest BCUT2D eigenvalue weighted by atomic mass is 9.97. The lowest BCUT2D eigenvalue weighted by molar-refractivity contribution is -0.184. The molecule has 1 atom stereocenters. The number of hydrogen-bond acceptors (Lipinski definition) is 4. The summed E-state index contributed by atoms with van der Waals surface area (Å²) in [4.78, 5) is 11.8. The first-order chi connectivity index (χ1) is 10.5. The van der Waals surface area contributed by atoms with E-state index in [1.54, 1.807) is 0 Å². The molecule has 1 aromatic carbocycles. The van der Waals surface area contributed by atoms with Gasteiger partial charge in [0.1, 0.15) is 5.75 Å². The third-order valence-corrected chi connectivity index (χ3v) is 4.99. The number of amides is 1. The summed E-state index contributed by atoms with van der Waals surface area (Å²) in [6.07, 6.45) is -4.66. The fourth-order valence-corrected chi connectivity index (χ4v) is 3.35. The van der Waals surface area contributed by atoms with Gasteiger partial charge in [-0.1, -0.05) is 0 Å². The van der Waals surface area contributed by atoms with Crippen LogP contribution in [0.3, 0.4) is 0 Å². The predicted octanol–water partition coefficient (Wildman–Crippen LogP) is 2.50.